The van der Waals surface area contributed by atoms with Crippen molar-refractivity contribution in [1.29, 1.82) is 0 Å². The quantitative estimate of drug-likeness (QED) is 0.217. The average molecular weight is 505 g/mol. The van der Waals surface area contributed by atoms with Crippen LogP contribution in [0, 0.1) is 13.8 Å². The van der Waals surface area contributed by atoms with E-state index in [0.717, 1.165) is 0 Å². The van der Waals surface area contributed by atoms with Gasteiger partial charge in [0.1, 0.15) is 0 Å². The lowest BCUT2D eigenvalue weighted by molar-refractivity contribution is 0.954. The van der Waals surface area contributed by atoms with Gasteiger partial charge in [-0.25, -0.2) is 0 Å². The van der Waals surface area contributed by atoms with Gasteiger partial charge in [-0.2, -0.15) is 0 Å². The molecule has 4 aromatic heterocycles. The highest BCUT2D eigenvalue weighted by molar-refractivity contribution is 7.22. The van der Waals surface area contributed by atoms with E-state index in [4.69, 9.17) is 0 Å². The van der Waals surface area contributed by atoms with Gasteiger partial charge in [-0.3, -0.25) is 0 Å². The highest BCUT2D eigenvalue weighted by atomic mass is 32.1. The monoisotopic (exact) mass is 504 g/mol. The molecule has 6 aromatic rings. The highest BCUT2D eigenvalue weighted by Gasteiger charge is 2.22. The fourth-order valence-corrected chi connectivity index (χ4v) is 7.24. The van der Waals surface area contributed by atoms with Gasteiger partial charge in [-0.05, 0) is 73.5 Å². The van der Waals surface area contributed by atoms with Gasteiger partial charge in [0.25, 0.3) is 0 Å². The normalized spacial score (nSPS) is 13.1. The van der Waals surface area contributed by atoms with Crippen molar-refractivity contribution in [2.75, 3.05) is 0 Å². The van der Waals surface area contributed by atoms with Crippen LogP contribution in [-0.4, -0.2) is 9.97 Å². The van der Waals surface area contributed by atoms with Crippen LogP contribution in [0.1, 0.15) is 55.2 Å². The van der Waals surface area contributed by atoms with Gasteiger partial charge >= 0.3 is 0 Å². The minimum absolute atomic E-state index is 0.206. The molecule has 6 rings (SSSR count). The van der Waals surface area contributed by atoms with Crippen molar-refractivity contribution < 1.29 is 0 Å². The molecule has 4 heterocycles. The van der Waals surface area contributed by atoms with Gasteiger partial charge in [-0.1, -0.05) is 59.7 Å². The zero-order chi connectivity index (χ0) is 24.5. The molecule has 0 saturated carbocycles. The van der Waals surface area contributed by atoms with Gasteiger partial charge in [0, 0.05) is 43.3 Å². The van der Waals surface area contributed by atoms with Crippen LogP contribution >= 0.6 is 22.7 Å². The molecule has 4 heteroatoms. The average Bonchev–Trinajstić information content (AvgIpc) is 3.70. The topological polar surface area (TPSA) is 31.6 Å². The first-order valence-corrected chi connectivity index (χ1v) is 13.9. The van der Waals surface area contributed by atoms with E-state index in [-0.39, 0.29) is 11.8 Å². The Morgan fingerprint density at radius 3 is 1.28 bits per heavy atom. The molecule has 178 valence electrons. The molecular weight excluding hydrogens is 477 g/mol. The van der Waals surface area contributed by atoms with Crippen LogP contribution in [0.4, 0.5) is 0 Å². The summed E-state index contributed by atoms with van der Waals surface area (Å²) in [5.74, 6) is 0.413. The van der Waals surface area contributed by atoms with E-state index >= 15 is 0 Å². The second-order valence-corrected chi connectivity index (χ2v) is 11.6. The second-order valence-electron chi connectivity index (χ2n) is 9.34. The van der Waals surface area contributed by atoms with Crippen LogP contribution in [0.3, 0.4) is 0 Å². The van der Waals surface area contributed by atoms with Crippen molar-refractivity contribution in [2.24, 2.45) is 0 Å². The van der Waals surface area contributed by atoms with Gasteiger partial charge in [0.05, 0.1) is 11.8 Å². The zero-order valence-electron chi connectivity index (χ0n) is 20.4. The molecule has 36 heavy (non-hydrogen) atoms. The molecule has 0 saturated heterocycles. The maximum Gasteiger partial charge on any atom is 0.0584 e. The van der Waals surface area contributed by atoms with Gasteiger partial charge in [0.2, 0.25) is 0 Å². The Morgan fingerprint density at radius 2 is 0.917 bits per heavy atom. The molecule has 2 aromatic carbocycles. The van der Waals surface area contributed by atoms with Crippen molar-refractivity contribution in [3.05, 3.63) is 153 Å². The van der Waals surface area contributed by atoms with E-state index in [0.29, 0.717) is 0 Å². The molecular formula is C32H28N2S2. The smallest absolute Gasteiger partial charge is 0.0584 e. The molecule has 0 spiro atoms. The number of aryl methyl sites for hydroxylation is 2. The lowest BCUT2D eigenvalue weighted by atomic mass is 9.93. The lowest BCUT2D eigenvalue weighted by Crippen LogP contribution is -2.01. The summed E-state index contributed by atoms with van der Waals surface area (Å²) in [7, 11) is 0. The number of aromatic nitrogens is 2. The Hall–Kier alpha value is -3.60. The molecule has 2 atom stereocenters. The zero-order valence-corrected chi connectivity index (χ0v) is 22.0. The Balaban J connectivity index is 1.35. The fourth-order valence-electron chi connectivity index (χ4n) is 4.84. The predicted molar refractivity (Wildman–Crippen MR) is 153 cm³/mol. The minimum atomic E-state index is 0.206. The summed E-state index contributed by atoms with van der Waals surface area (Å²) in [6.07, 6.45) is 4.03. The number of rotatable bonds is 7. The van der Waals surface area contributed by atoms with Crippen molar-refractivity contribution in [3.8, 4) is 9.75 Å². The molecule has 0 fully saturated rings. The van der Waals surface area contributed by atoms with Gasteiger partial charge < -0.3 is 9.97 Å². The number of aromatic amines is 2. The van der Waals surface area contributed by atoms with Crippen LogP contribution in [0.2, 0.25) is 0 Å². The third-order valence-electron chi connectivity index (χ3n) is 6.75. The number of thiophene rings is 2. The summed E-state index contributed by atoms with van der Waals surface area (Å²) < 4.78 is 0. The van der Waals surface area contributed by atoms with Gasteiger partial charge in [-0.15, -0.1) is 22.7 Å². The summed E-state index contributed by atoms with van der Waals surface area (Å²) in [4.78, 5) is 12.3. The van der Waals surface area contributed by atoms with Crippen molar-refractivity contribution in [1.82, 2.24) is 9.97 Å². The highest BCUT2D eigenvalue weighted by Crippen LogP contribution is 2.43. The third kappa shape index (κ3) is 4.50. The summed E-state index contributed by atoms with van der Waals surface area (Å²) in [5, 5.41) is 0. The van der Waals surface area contributed by atoms with E-state index in [1.165, 1.54) is 53.2 Å². The van der Waals surface area contributed by atoms with Crippen molar-refractivity contribution in [2.45, 2.75) is 25.7 Å². The summed E-state index contributed by atoms with van der Waals surface area (Å²) in [5.41, 5.74) is 7.65. The molecule has 0 aliphatic heterocycles. The van der Waals surface area contributed by atoms with Crippen LogP contribution in [0.15, 0.2) is 109 Å². The standard InChI is InChI=1S/C32H28N2S2/c1-21-7-11-23(12-8-21)31(25-5-3-19-33-25)29-17-15-27(35-29)28-16-18-30(36-28)32(26-6-4-20-34-26)24-13-9-22(2)10-14-24/h3-20,31-34H,1-2H3. The van der Waals surface area contributed by atoms with Crippen LogP contribution in [0.25, 0.3) is 9.75 Å². The maximum atomic E-state index is 3.46. The summed E-state index contributed by atoms with van der Waals surface area (Å²) in [6, 6.07) is 35.6. The van der Waals surface area contributed by atoms with E-state index in [2.05, 4.69) is 121 Å². The van der Waals surface area contributed by atoms with Crippen LogP contribution < -0.4 is 0 Å². The number of hydrogen-bond donors (Lipinski definition) is 2. The molecule has 0 aliphatic rings. The molecule has 2 nitrogen and oxygen atoms in total. The first-order valence-electron chi connectivity index (χ1n) is 12.3. The van der Waals surface area contributed by atoms with E-state index in [9.17, 15) is 0 Å². The maximum absolute atomic E-state index is 3.46. The molecule has 0 radical (unpaired) electrons. The minimum Gasteiger partial charge on any atom is -0.364 e. The van der Waals surface area contributed by atoms with Crippen molar-refractivity contribution >= 4 is 22.7 Å². The molecule has 2 N–H and O–H groups in total. The molecule has 0 bridgehead atoms. The SMILES string of the molecule is Cc1ccc(C(c2ccc[nH]2)c2ccc(-c3ccc(C(c4ccc(C)cc4)c4ccc[nH]4)s3)s2)cc1. The van der Waals surface area contributed by atoms with Crippen molar-refractivity contribution in [3.63, 3.8) is 0 Å². The number of hydrogen-bond acceptors (Lipinski definition) is 2. The van der Waals surface area contributed by atoms with E-state index < -0.39 is 0 Å². The van der Waals surface area contributed by atoms with E-state index in [1.807, 2.05) is 35.1 Å². The van der Waals surface area contributed by atoms with Crippen LogP contribution in [-0.2, 0) is 0 Å². The van der Waals surface area contributed by atoms with E-state index in [1.54, 1.807) is 0 Å². The number of H-pyrrole nitrogens is 2. The first kappa shape index (κ1) is 22.8. The Kier molecular flexibility index (Phi) is 6.22. The Labute approximate surface area is 220 Å². The number of nitrogens with one attached hydrogen (secondary N) is 2. The molecule has 2 unspecified atom stereocenters. The third-order valence-corrected chi connectivity index (χ3v) is 9.25. The number of benzene rings is 2. The van der Waals surface area contributed by atoms with Crippen LogP contribution in [0.5, 0.6) is 0 Å². The Morgan fingerprint density at radius 1 is 0.500 bits per heavy atom. The first-order chi connectivity index (χ1) is 17.7. The fraction of sp³-hybridized carbons (Fsp3) is 0.125. The predicted octanol–water partition coefficient (Wildman–Crippen LogP) is 9.11. The molecule has 0 amide bonds. The summed E-state index contributed by atoms with van der Waals surface area (Å²) >= 11 is 3.79. The lowest BCUT2D eigenvalue weighted by Gasteiger charge is -2.15. The Bertz CT molecular complexity index is 1410. The van der Waals surface area contributed by atoms with Gasteiger partial charge in [0.15, 0.2) is 0 Å². The summed E-state index contributed by atoms with van der Waals surface area (Å²) in [6.45, 7) is 4.28. The largest absolute Gasteiger partial charge is 0.364 e. The molecule has 0 aliphatic carbocycles. The second kappa shape index (κ2) is 9.81.